The first-order valence-corrected chi connectivity index (χ1v) is 6.81. The second kappa shape index (κ2) is 6.00. The number of nitrogens with one attached hydrogen (secondary N) is 1. The molecule has 1 rings (SSSR count). The predicted octanol–water partition coefficient (Wildman–Crippen LogP) is 1.10. The lowest BCUT2D eigenvalue weighted by Crippen LogP contribution is -2.28. The number of phenolic OH excluding ortho intramolecular Hbond substituents is 1. The number of phenols is 1. The van der Waals surface area contributed by atoms with Crippen molar-refractivity contribution in [1.29, 1.82) is 0 Å². The van der Waals surface area contributed by atoms with Gasteiger partial charge < -0.3 is 9.84 Å². The molecule has 2 N–H and O–H groups in total. The zero-order chi connectivity index (χ0) is 12.9. The summed E-state index contributed by atoms with van der Waals surface area (Å²) in [6, 6.07) is 5.80. The summed E-state index contributed by atoms with van der Waals surface area (Å²) >= 11 is 0. The minimum absolute atomic E-state index is 0.0598. The summed E-state index contributed by atoms with van der Waals surface area (Å²) in [6.07, 6.45) is 0.0598. The summed E-state index contributed by atoms with van der Waals surface area (Å²) in [5.74, 6) is -0.259. The molecule has 0 fully saturated rings. The van der Waals surface area contributed by atoms with Gasteiger partial charge in [0.05, 0.1) is 12.7 Å². The zero-order valence-corrected chi connectivity index (χ0v) is 10.7. The van der Waals surface area contributed by atoms with Crippen LogP contribution in [-0.2, 0) is 14.8 Å². The minimum Gasteiger partial charge on any atom is -0.507 e. The van der Waals surface area contributed by atoms with Crippen LogP contribution in [0.15, 0.2) is 29.2 Å². The van der Waals surface area contributed by atoms with E-state index in [-0.39, 0.29) is 23.3 Å². The van der Waals surface area contributed by atoms with Gasteiger partial charge in [-0.15, -0.1) is 0 Å². The number of hydrogen-bond donors (Lipinski definition) is 2. The number of para-hydroxylation sites is 1. The highest BCUT2D eigenvalue weighted by Gasteiger charge is 2.16. The van der Waals surface area contributed by atoms with Gasteiger partial charge in [0.1, 0.15) is 10.6 Å². The van der Waals surface area contributed by atoms with Crippen LogP contribution >= 0.6 is 0 Å². The van der Waals surface area contributed by atoms with Gasteiger partial charge in [0, 0.05) is 6.54 Å². The van der Waals surface area contributed by atoms with Gasteiger partial charge in [-0.2, -0.15) is 0 Å². The topological polar surface area (TPSA) is 75.6 Å². The maximum Gasteiger partial charge on any atom is 0.244 e. The SMILES string of the molecule is CC(C)OCCNS(=O)(=O)c1ccccc1O. The molecule has 17 heavy (non-hydrogen) atoms. The molecule has 0 aliphatic carbocycles. The predicted molar refractivity (Wildman–Crippen MR) is 64.4 cm³/mol. The molecule has 6 heteroatoms. The standard InChI is InChI=1S/C11H17NO4S/c1-9(2)16-8-7-12-17(14,15)11-6-4-3-5-10(11)13/h3-6,9,12-13H,7-8H2,1-2H3. The van der Waals surface area contributed by atoms with Gasteiger partial charge in [-0.25, -0.2) is 13.1 Å². The van der Waals surface area contributed by atoms with Crippen LogP contribution < -0.4 is 4.72 Å². The first kappa shape index (κ1) is 14.0. The highest BCUT2D eigenvalue weighted by molar-refractivity contribution is 7.89. The Morgan fingerprint density at radius 2 is 2.00 bits per heavy atom. The Morgan fingerprint density at radius 3 is 2.59 bits per heavy atom. The van der Waals surface area contributed by atoms with Crippen molar-refractivity contribution in [3.05, 3.63) is 24.3 Å². The van der Waals surface area contributed by atoms with Crippen LogP contribution in [-0.4, -0.2) is 32.8 Å². The molecule has 0 heterocycles. The Morgan fingerprint density at radius 1 is 1.35 bits per heavy atom. The van der Waals surface area contributed by atoms with E-state index in [9.17, 15) is 13.5 Å². The van der Waals surface area contributed by atoms with Crippen molar-refractivity contribution in [3.63, 3.8) is 0 Å². The van der Waals surface area contributed by atoms with Crippen molar-refractivity contribution in [2.45, 2.75) is 24.8 Å². The molecule has 1 aromatic rings. The van der Waals surface area contributed by atoms with Crippen LogP contribution in [0.2, 0.25) is 0 Å². The Bertz CT molecular complexity index is 456. The normalized spacial score (nSPS) is 11.9. The number of benzene rings is 1. The van der Waals surface area contributed by atoms with Crippen LogP contribution in [0.25, 0.3) is 0 Å². The average molecular weight is 259 g/mol. The molecule has 1 aromatic carbocycles. The molecular weight excluding hydrogens is 242 g/mol. The van der Waals surface area contributed by atoms with Crippen molar-refractivity contribution in [2.24, 2.45) is 0 Å². The Balaban J connectivity index is 2.61. The highest BCUT2D eigenvalue weighted by atomic mass is 32.2. The summed E-state index contributed by atoms with van der Waals surface area (Å²) in [5, 5.41) is 9.44. The number of rotatable bonds is 6. The Kier molecular flexibility index (Phi) is 4.92. The van der Waals surface area contributed by atoms with Gasteiger partial charge >= 0.3 is 0 Å². The molecule has 0 amide bonds. The summed E-state index contributed by atoms with van der Waals surface area (Å²) < 4.78 is 31.1. The molecule has 0 aromatic heterocycles. The number of aromatic hydroxyl groups is 1. The van der Waals surface area contributed by atoms with Crippen molar-refractivity contribution in [1.82, 2.24) is 4.72 Å². The summed E-state index contributed by atoms with van der Waals surface area (Å²) in [6.45, 7) is 4.22. The molecule has 0 aliphatic rings. The molecule has 0 unspecified atom stereocenters. The highest BCUT2D eigenvalue weighted by Crippen LogP contribution is 2.20. The number of ether oxygens (including phenoxy) is 1. The van der Waals surface area contributed by atoms with E-state index in [1.54, 1.807) is 12.1 Å². The molecule has 0 atom stereocenters. The summed E-state index contributed by atoms with van der Waals surface area (Å²) in [4.78, 5) is -0.121. The first-order chi connectivity index (χ1) is 7.93. The lowest BCUT2D eigenvalue weighted by atomic mass is 10.3. The van der Waals surface area contributed by atoms with Gasteiger partial charge in [-0.1, -0.05) is 12.1 Å². The lowest BCUT2D eigenvalue weighted by Gasteiger charge is -2.10. The van der Waals surface area contributed by atoms with Crippen molar-refractivity contribution >= 4 is 10.0 Å². The van der Waals surface area contributed by atoms with Gasteiger partial charge in [-0.05, 0) is 26.0 Å². The molecule has 0 spiro atoms. The smallest absolute Gasteiger partial charge is 0.244 e. The summed E-state index contributed by atoms with van der Waals surface area (Å²) in [7, 11) is -3.67. The zero-order valence-electron chi connectivity index (χ0n) is 9.88. The molecule has 96 valence electrons. The average Bonchev–Trinajstić information content (AvgIpc) is 2.24. The van der Waals surface area contributed by atoms with E-state index in [2.05, 4.69) is 4.72 Å². The molecule has 0 saturated carbocycles. The third kappa shape index (κ3) is 4.33. The Labute approximate surface area is 101 Å². The van der Waals surface area contributed by atoms with E-state index in [4.69, 9.17) is 4.74 Å². The number of hydrogen-bond acceptors (Lipinski definition) is 4. The van der Waals surface area contributed by atoms with E-state index in [1.807, 2.05) is 13.8 Å². The van der Waals surface area contributed by atoms with Crippen LogP contribution in [0.1, 0.15) is 13.8 Å². The van der Waals surface area contributed by atoms with E-state index in [0.29, 0.717) is 6.61 Å². The molecular formula is C11H17NO4S. The van der Waals surface area contributed by atoms with Crippen LogP contribution in [0.3, 0.4) is 0 Å². The second-order valence-electron chi connectivity index (χ2n) is 3.79. The molecule has 0 saturated heterocycles. The van der Waals surface area contributed by atoms with Gasteiger partial charge in [0.2, 0.25) is 10.0 Å². The maximum atomic E-state index is 11.8. The summed E-state index contributed by atoms with van der Waals surface area (Å²) in [5.41, 5.74) is 0. The molecule has 0 aliphatic heterocycles. The third-order valence-electron chi connectivity index (χ3n) is 2.00. The fourth-order valence-corrected chi connectivity index (χ4v) is 2.34. The Hall–Kier alpha value is -1.11. The van der Waals surface area contributed by atoms with E-state index in [1.165, 1.54) is 12.1 Å². The van der Waals surface area contributed by atoms with E-state index < -0.39 is 10.0 Å². The first-order valence-electron chi connectivity index (χ1n) is 5.33. The van der Waals surface area contributed by atoms with Gasteiger partial charge in [0.15, 0.2) is 0 Å². The molecule has 0 bridgehead atoms. The largest absolute Gasteiger partial charge is 0.507 e. The maximum absolute atomic E-state index is 11.8. The molecule has 5 nitrogen and oxygen atoms in total. The van der Waals surface area contributed by atoms with E-state index >= 15 is 0 Å². The van der Waals surface area contributed by atoms with Crippen molar-refractivity contribution in [2.75, 3.05) is 13.2 Å². The minimum atomic E-state index is -3.67. The monoisotopic (exact) mass is 259 g/mol. The van der Waals surface area contributed by atoms with Crippen LogP contribution in [0.4, 0.5) is 0 Å². The molecule has 0 radical (unpaired) electrons. The van der Waals surface area contributed by atoms with Gasteiger partial charge in [0.25, 0.3) is 0 Å². The van der Waals surface area contributed by atoms with Crippen LogP contribution in [0, 0.1) is 0 Å². The fraction of sp³-hybridized carbons (Fsp3) is 0.455. The van der Waals surface area contributed by atoms with E-state index in [0.717, 1.165) is 0 Å². The fourth-order valence-electron chi connectivity index (χ4n) is 1.23. The lowest BCUT2D eigenvalue weighted by molar-refractivity contribution is 0.0834. The van der Waals surface area contributed by atoms with Gasteiger partial charge in [-0.3, -0.25) is 0 Å². The number of sulfonamides is 1. The van der Waals surface area contributed by atoms with Crippen molar-refractivity contribution in [3.8, 4) is 5.75 Å². The van der Waals surface area contributed by atoms with Crippen LogP contribution in [0.5, 0.6) is 5.75 Å². The second-order valence-corrected chi connectivity index (χ2v) is 5.52. The third-order valence-corrected chi connectivity index (χ3v) is 3.51. The quantitative estimate of drug-likeness (QED) is 0.750. The van der Waals surface area contributed by atoms with Crippen molar-refractivity contribution < 1.29 is 18.3 Å².